The summed E-state index contributed by atoms with van der Waals surface area (Å²) in [4.78, 5) is 2.15. The fourth-order valence-electron chi connectivity index (χ4n) is 1.89. The maximum absolute atomic E-state index is 12.9. The molecule has 0 aromatic heterocycles. The van der Waals surface area contributed by atoms with Crippen LogP contribution in [0.25, 0.3) is 0 Å². The topological polar surface area (TPSA) is 3.24 Å². The minimum absolute atomic E-state index is 0.297. The molecular formula is C15H15ClFN. The van der Waals surface area contributed by atoms with Crippen LogP contribution in [-0.2, 0) is 13.1 Å². The lowest BCUT2D eigenvalue weighted by molar-refractivity contribution is 0.319. The molecule has 1 nitrogen and oxygen atoms in total. The summed E-state index contributed by atoms with van der Waals surface area (Å²) in [5, 5.41) is 0.481. The second-order valence-corrected chi connectivity index (χ2v) is 4.80. The molecule has 94 valence electrons. The van der Waals surface area contributed by atoms with Crippen LogP contribution in [0.4, 0.5) is 4.39 Å². The second-order valence-electron chi connectivity index (χ2n) is 4.39. The molecule has 0 aliphatic carbocycles. The Morgan fingerprint density at radius 2 is 1.78 bits per heavy atom. The number of halogens is 2. The molecular weight excluding hydrogens is 249 g/mol. The van der Waals surface area contributed by atoms with Crippen molar-refractivity contribution in [3.63, 3.8) is 0 Å². The van der Waals surface area contributed by atoms with E-state index in [1.165, 1.54) is 17.7 Å². The Balaban J connectivity index is 2.01. The molecule has 0 spiro atoms. The van der Waals surface area contributed by atoms with E-state index in [2.05, 4.69) is 17.0 Å². The van der Waals surface area contributed by atoms with Crippen LogP contribution in [0.1, 0.15) is 11.1 Å². The minimum Gasteiger partial charge on any atom is -0.298 e. The SMILES string of the molecule is CN(Cc1ccccc1)Cc1ccc(F)cc1Cl. The molecule has 0 fully saturated rings. The molecule has 0 aliphatic rings. The lowest BCUT2D eigenvalue weighted by Crippen LogP contribution is -2.17. The van der Waals surface area contributed by atoms with Crippen LogP contribution in [0.2, 0.25) is 5.02 Å². The number of hydrogen-bond donors (Lipinski definition) is 0. The van der Waals surface area contributed by atoms with E-state index in [0.29, 0.717) is 11.6 Å². The monoisotopic (exact) mass is 263 g/mol. The Hall–Kier alpha value is -1.38. The summed E-state index contributed by atoms with van der Waals surface area (Å²) < 4.78 is 12.9. The Kier molecular flexibility index (Phi) is 4.34. The van der Waals surface area contributed by atoms with Gasteiger partial charge in [-0.3, -0.25) is 4.90 Å². The van der Waals surface area contributed by atoms with Gasteiger partial charge in [-0.1, -0.05) is 48.0 Å². The van der Waals surface area contributed by atoms with Crippen molar-refractivity contribution in [3.8, 4) is 0 Å². The molecule has 0 radical (unpaired) electrons. The van der Waals surface area contributed by atoms with E-state index >= 15 is 0 Å². The Labute approximate surface area is 112 Å². The van der Waals surface area contributed by atoms with Crippen molar-refractivity contribution in [2.24, 2.45) is 0 Å². The van der Waals surface area contributed by atoms with Crippen molar-refractivity contribution in [3.05, 3.63) is 70.5 Å². The van der Waals surface area contributed by atoms with Gasteiger partial charge in [0.05, 0.1) is 0 Å². The number of nitrogens with zero attached hydrogens (tertiary/aromatic N) is 1. The Morgan fingerprint density at radius 3 is 2.44 bits per heavy atom. The largest absolute Gasteiger partial charge is 0.298 e. The predicted octanol–water partition coefficient (Wildman–Crippen LogP) is 4.11. The quantitative estimate of drug-likeness (QED) is 0.802. The van der Waals surface area contributed by atoms with Gasteiger partial charge in [0.15, 0.2) is 0 Å². The van der Waals surface area contributed by atoms with E-state index in [1.807, 2.05) is 25.2 Å². The van der Waals surface area contributed by atoms with Gasteiger partial charge in [0, 0.05) is 18.1 Å². The van der Waals surface area contributed by atoms with Crippen molar-refractivity contribution in [2.45, 2.75) is 13.1 Å². The van der Waals surface area contributed by atoms with E-state index < -0.39 is 0 Å². The van der Waals surface area contributed by atoms with E-state index in [0.717, 1.165) is 12.1 Å². The molecule has 2 rings (SSSR count). The standard InChI is InChI=1S/C15H15ClFN/c1-18(10-12-5-3-2-4-6-12)11-13-7-8-14(17)9-15(13)16/h2-9H,10-11H2,1H3. The van der Waals surface area contributed by atoms with Crippen LogP contribution < -0.4 is 0 Å². The summed E-state index contributed by atoms with van der Waals surface area (Å²) in [6, 6.07) is 14.7. The number of benzene rings is 2. The smallest absolute Gasteiger partial charge is 0.124 e. The predicted molar refractivity (Wildman–Crippen MR) is 73.0 cm³/mol. The molecule has 0 heterocycles. The number of rotatable bonds is 4. The van der Waals surface area contributed by atoms with Crippen molar-refractivity contribution < 1.29 is 4.39 Å². The van der Waals surface area contributed by atoms with Crippen LogP contribution in [0.3, 0.4) is 0 Å². The molecule has 0 N–H and O–H groups in total. The van der Waals surface area contributed by atoms with Crippen LogP contribution in [0.15, 0.2) is 48.5 Å². The number of hydrogen-bond acceptors (Lipinski definition) is 1. The van der Waals surface area contributed by atoms with Crippen LogP contribution in [0, 0.1) is 5.82 Å². The van der Waals surface area contributed by atoms with Crippen molar-refractivity contribution >= 4 is 11.6 Å². The highest BCUT2D eigenvalue weighted by Crippen LogP contribution is 2.19. The van der Waals surface area contributed by atoms with Gasteiger partial charge in [-0.2, -0.15) is 0 Å². The average Bonchev–Trinajstić information content (AvgIpc) is 2.34. The van der Waals surface area contributed by atoms with Crippen molar-refractivity contribution in [1.29, 1.82) is 0 Å². The summed E-state index contributed by atoms with van der Waals surface area (Å²) in [5.41, 5.74) is 2.19. The third-order valence-electron chi connectivity index (χ3n) is 2.75. The van der Waals surface area contributed by atoms with Gasteiger partial charge in [-0.15, -0.1) is 0 Å². The van der Waals surface area contributed by atoms with E-state index in [4.69, 9.17) is 11.6 Å². The molecule has 3 heteroatoms. The fourth-order valence-corrected chi connectivity index (χ4v) is 2.12. The average molecular weight is 264 g/mol. The van der Waals surface area contributed by atoms with E-state index in [-0.39, 0.29) is 5.82 Å². The van der Waals surface area contributed by atoms with Crippen molar-refractivity contribution in [2.75, 3.05) is 7.05 Å². The summed E-state index contributed by atoms with van der Waals surface area (Å²) in [5.74, 6) is -0.297. The lowest BCUT2D eigenvalue weighted by Gasteiger charge is -2.17. The Morgan fingerprint density at radius 1 is 1.06 bits per heavy atom. The molecule has 0 bridgehead atoms. The fraction of sp³-hybridized carbons (Fsp3) is 0.200. The van der Waals surface area contributed by atoms with Gasteiger partial charge in [0.1, 0.15) is 5.82 Å². The molecule has 18 heavy (non-hydrogen) atoms. The highest BCUT2D eigenvalue weighted by molar-refractivity contribution is 6.31. The zero-order valence-electron chi connectivity index (χ0n) is 10.2. The molecule has 0 saturated carbocycles. The van der Waals surface area contributed by atoms with Gasteiger partial charge >= 0.3 is 0 Å². The maximum Gasteiger partial charge on any atom is 0.124 e. The second kappa shape index (κ2) is 5.98. The lowest BCUT2D eigenvalue weighted by atomic mass is 10.2. The third-order valence-corrected chi connectivity index (χ3v) is 3.10. The summed E-state index contributed by atoms with van der Waals surface area (Å²) in [7, 11) is 2.02. The first kappa shape index (κ1) is 13.1. The third kappa shape index (κ3) is 3.56. The van der Waals surface area contributed by atoms with Crippen LogP contribution in [0.5, 0.6) is 0 Å². The highest BCUT2D eigenvalue weighted by Gasteiger charge is 2.06. The minimum atomic E-state index is -0.297. The van der Waals surface area contributed by atoms with Gasteiger partial charge < -0.3 is 0 Å². The van der Waals surface area contributed by atoms with E-state index in [9.17, 15) is 4.39 Å². The van der Waals surface area contributed by atoms with E-state index in [1.54, 1.807) is 6.07 Å². The molecule has 0 aliphatic heterocycles. The van der Waals surface area contributed by atoms with Gasteiger partial charge in [0.2, 0.25) is 0 Å². The Bertz CT molecular complexity index is 513. The highest BCUT2D eigenvalue weighted by atomic mass is 35.5. The molecule has 0 saturated heterocycles. The molecule has 0 atom stereocenters. The molecule has 0 unspecified atom stereocenters. The summed E-state index contributed by atoms with van der Waals surface area (Å²) in [6.45, 7) is 1.54. The maximum atomic E-state index is 12.9. The zero-order chi connectivity index (χ0) is 13.0. The van der Waals surface area contributed by atoms with Gasteiger partial charge in [-0.25, -0.2) is 4.39 Å². The van der Waals surface area contributed by atoms with Crippen LogP contribution >= 0.6 is 11.6 Å². The van der Waals surface area contributed by atoms with Gasteiger partial charge in [-0.05, 0) is 30.3 Å². The first-order valence-electron chi connectivity index (χ1n) is 5.81. The molecule has 2 aromatic rings. The molecule has 2 aromatic carbocycles. The van der Waals surface area contributed by atoms with Crippen molar-refractivity contribution in [1.82, 2.24) is 4.90 Å². The normalized spacial score (nSPS) is 10.9. The zero-order valence-corrected chi connectivity index (χ0v) is 11.0. The molecule has 0 amide bonds. The van der Waals surface area contributed by atoms with Crippen LogP contribution in [-0.4, -0.2) is 11.9 Å². The van der Waals surface area contributed by atoms with Gasteiger partial charge in [0.25, 0.3) is 0 Å². The first-order chi connectivity index (χ1) is 8.65. The summed E-state index contributed by atoms with van der Waals surface area (Å²) in [6.07, 6.45) is 0. The first-order valence-corrected chi connectivity index (χ1v) is 6.19. The summed E-state index contributed by atoms with van der Waals surface area (Å²) >= 11 is 6.01.